The van der Waals surface area contributed by atoms with Crippen molar-refractivity contribution in [1.82, 2.24) is 10.6 Å². The third-order valence-corrected chi connectivity index (χ3v) is 4.10. The molecule has 0 saturated heterocycles. The Hall–Kier alpha value is -2.04. The molecule has 4 atom stereocenters. The summed E-state index contributed by atoms with van der Waals surface area (Å²) in [6, 6.07) is 8.87. The number of aliphatic carboxylic acids is 1. The molecule has 0 radical (unpaired) electrons. The van der Waals surface area contributed by atoms with Crippen LogP contribution in [0.15, 0.2) is 30.3 Å². The van der Waals surface area contributed by atoms with Crippen molar-refractivity contribution in [2.24, 2.45) is 5.92 Å². The minimum atomic E-state index is -0.991. The van der Waals surface area contributed by atoms with Crippen molar-refractivity contribution in [2.75, 3.05) is 0 Å². The van der Waals surface area contributed by atoms with Gasteiger partial charge in [0.2, 0.25) is 0 Å². The first-order chi connectivity index (χ1) is 10.0. The van der Waals surface area contributed by atoms with E-state index >= 15 is 0 Å². The highest BCUT2D eigenvalue weighted by Crippen LogP contribution is 2.40. The van der Waals surface area contributed by atoms with Crippen LogP contribution in [-0.2, 0) is 4.79 Å². The minimum absolute atomic E-state index is 0.0961. The second-order valence-corrected chi connectivity index (χ2v) is 5.68. The maximum absolute atomic E-state index is 11.9. The lowest BCUT2D eigenvalue weighted by Gasteiger charge is -2.20. The van der Waals surface area contributed by atoms with Crippen LogP contribution < -0.4 is 10.6 Å². The third-order valence-electron chi connectivity index (χ3n) is 4.10. The Balaban J connectivity index is 1.84. The number of urea groups is 1. The van der Waals surface area contributed by atoms with E-state index in [0.717, 1.165) is 6.42 Å². The summed E-state index contributed by atoms with van der Waals surface area (Å²) in [7, 11) is 0. The van der Waals surface area contributed by atoms with Crippen molar-refractivity contribution in [1.29, 1.82) is 0 Å². The molecule has 21 heavy (non-hydrogen) atoms. The molecule has 0 bridgehead atoms. The summed E-state index contributed by atoms with van der Waals surface area (Å²) < 4.78 is 0. The van der Waals surface area contributed by atoms with Gasteiger partial charge in [-0.25, -0.2) is 9.59 Å². The molecule has 1 aliphatic rings. The fourth-order valence-electron chi connectivity index (χ4n) is 2.46. The van der Waals surface area contributed by atoms with Gasteiger partial charge in [0.15, 0.2) is 0 Å². The monoisotopic (exact) mass is 290 g/mol. The largest absolute Gasteiger partial charge is 0.480 e. The Morgan fingerprint density at radius 2 is 2.00 bits per heavy atom. The highest BCUT2D eigenvalue weighted by Gasteiger charge is 2.40. The van der Waals surface area contributed by atoms with Crippen LogP contribution >= 0.6 is 0 Å². The van der Waals surface area contributed by atoms with Gasteiger partial charge >= 0.3 is 12.0 Å². The number of benzene rings is 1. The van der Waals surface area contributed by atoms with Crippen molar-refractivity contribution in [2.45, 2.75) is 44.7 Å². The number of nitrogens with one attached hydrogen (secondary N) is 2. The topological polar surface area (TPSA) is 78.4 Å². The number of carbonyl (C=O) groups excluding carboxylic acids is 1. The number of amides is 2. The van der Waals surface area contributed by atoms with Crippen molar-refractivity contribution in [3.63, 3.8) is 0 Å². The molecule has 1 aromatic rings. The van der Waals surface area contributed by atoms with Crippen LogP contribution in [0.3, 0.4) is 0 Å². The molecule has 2 amide bonds. The fourth-order valence-corrected chi connectivity index (χ4v) is 2.46. The summed E-state index contributed by atoms with van der Waals surface area (Å²) in [5.41, 5.74) is 1.21. The quantitative estimate of drug-likeness (QED) is 0.752. The Labute approximate surface area is 124 Å². The van der Waals surface area contributed by atoms with E-state index in [4.69, 9.17) is 5.11 Å². The van der Waals surface area contributed by atoms with Gasteiger partial charge in [0, 0.05) is 12.0 Å². The molecule has 3 unspecified atom stereocenters. The molecule has 0 heterocycles. The van der Waals surface area contributed by atoms with Gasteiger partial charge in [0.25, 0.3) is 0 Å². The smallest absolute Gasteiger partial charge is 0.326 e. The summed E-state index contributed by atoms with van der Waals surface area (Å²) in [5.74, 6) is -0.754. The number of rotatable bonds is 6. The molecule has 114 valence electrons. The van der Waals surface area contributed by atoms with Gasteiger partial charge in [0.1, 0.15) is 6.04 Å². The summed E-state index contributed by atoms with van der Waals surface area (Å²) in [6.45, 7) is 3.73. The molecule has 5 heteroatoms. The highest BCUT2D eigenvalue weighted by atomic mass is 16.4. The van der Waals surface area contributed by atoms with Gasteiger partial charge < -0.3 is 15.7 Å². The lowest BCUT2D eigenvalue weighted by molar-refractivity contribution is -0.140. The van der Waals surface area contributed by atoms with Gasteiger partial charge in [-0.15, -0.1) is 0 Å². The first kappa shape index (κ1) is 15.4. The normalized spacial score (nSPS) is 23.0. The molecule has 1 aliphatic carbocycles. The number of carbonyl (C=O) groups is 2. The van der Waals surface area contributed by atoms with E-state index in [1.807, 2.05) is 44.2 Å². The molecule has 0 spiro atoms. The van der Waals surface area contributed by atoms with E-state index < -0.39 is 18.0 Å². The molecule has 3 N–H and O–H groups in total. The molecule has 1 saturated carbocycles. The summed E-state index contributed by atoms with van der Waals surface area (Å²) in [4.78, 5) is 23.1. The van der Waals surface area contributed by atoms with E-state index in [1.54, 1.807) is 0 Å². The van der Waals surface area contributed by atoms with Crippen LogP contribution in [0.2, 0.25) is 0 Å². The SMILES string of the molecule is CCC(C)[C@H](NC(=O)NC1CC1c1ccccc1)C(=O)O. The lowest BCUT2D eigenvalue weighted by atomic mass is 9.99. The average Bonchev–Trinajstić information content (AvgIpc) is 3.23. The Bertz CT molecular complexity index is 504. The van der Waals surface area contributed by atoms with Crippen LogP contribution in [0.5, 0.6) is 0 Å². The number of hydrogen-bond acceptors (Lipinski definition) is 2. The number of hydrogen-bond donors (Lipinski definition) is 3. The molecule has 1 fully saturated rings. The van der Waals surface area contributed by atoms with Crippen molar-refractivity contribution < 1.29 is 14.7 Å². The molecule has 0 aliphatic heterocycles. The number of carboxylic acids is 1. The average molecular weight is 290 g/mol. The fraction of sp³-hybridized carbons (Fsp3) is 0.500. The molecule has 2 rings (SSSR count). The zero-order chi connectivity index (χ0) is 15.4. The number of carboxylic acid groups (broad SMARTS) is 1. The summed E-state index contributed by atoms with van der Waals surface area (Å²) in [6.07, 6.45) is 1.60. The van der Waals surface area contributed by atoms with Crippen LogP contribution in [0.25, 0.3) is 0 Å². The Morgan fingerprint density at radius 1 is 1.33 bits per heavy atom. The standard InChI is InChI=1S/C16H22N2O3/c1-3-10(2)14(15(19)20)18-16(21)17-13-9-12(13)11-7-5-4-6-8-11/h4-8,10,12-14H,3,9H2,1-2H3,(H,19,20)(H2,17,18,21)/t10?,12?,13?,14-/m0/s1. The molecule has 0 aromatic heterocycles. The highest BCUT2D eigenvalue weighted by molar-refractivity contribution is 5.83. The second-order valence-electron chi connectivity index (χ2n) is 5.68. The Kier molecular flexibility index (Phi) is 4.83. The summed E-state index contributed by atoms with van der Waals surface area (Å²) in [5, 5.41) is 14.6. The van der Waals surface area contributed by atoms with E-state index in [2.05, 4.69) is 10.6 Å². The Morgan fingerprint density at radius 3 is 2.57 bits per heavy atom. The van der Waals surface area contributed by atoms with E-state index in [-0.39, 0.29) is 12.0 Å². The molecule has 5 nitrogen and oxygen atoms in total. The van der Waals surface area contributed by atoms with Crippen molar-refractivity contribution in [3.8, 4) is 0 Å². The van der Waals surface area contributed by atoms with Crippen LogP contribution in [0, 0.1) is 5.92 Å². The predicted molar refractivity (Wildman–Crippen MR) is 80.1 cm³/mol. The zero-order valence-corrected chi connectivity index (χ0v) is 12.4. The third kappa shape index (κ3) is 3.97. The zero-order valence-electron chi connectivity index (χ0n) is 12.4. The van der Waals surface area contributed by atoms with Crippen LogP contribution in [0.1, 0.15) is 38.2 Å². The summed E-state index contributed by atoms with van der Waals surface area (Å²) >= 11 is 0. The first-order valence-corrected chi connectivity index (χ1v) is 7.37. The van der Waals surface area contributed by atoms with E-state index in [1.165, 1.54) is 5.56 Å². The van der Waals surface area contributed by atoms with Gasteiger partial charge in [-0.2, -0.15) is 0 Å². The second kappa shape index (κ2) is 6.61. The maximum atomic E-state index is 11.9. The maximum Gasteiger partial charge on any atom is 0.326 e. The molecular weight excluding hydrogens is 268 g/mol. The van der Waals surface area contributed by atoms with Crippen LogP contribution in [-0.4, -0.2) is 29.2 Å². The van der Waals surface area contributed by atoms with E-state index in [9.17, 15) is 9.59 Å². The van der Waals surface area contributed by atoms with Gasteiger partial charge in [0.05, 0.1) is 0 Å². The van der Waals surface area contributed by atoms with E-state index in [0.29, 0.717) is 12.3 Å². The minimum Gasteiger partial charge on any atom is -0.480 e. The first-order valence-electron chi connectivity index (χ1n) is 7.37. The predicted octanol–water partition coefficient (Wildman–Crippen LogP) is 2.34. The van der Waals surface area contributed by atoms with Crippen molar-refractivity contribution >= 4 is 12.0 Å². The van der Waals surface area contributed by atoms with Gasteiger partial charge in [-0.1, -0.05) is 50.6 Å². The van der Waals surface area contributed by atoms with Crippen LogP contribution in [0.4, 0.5) is 4.79 Å². The molecular formula is C16H22N2O3. The van der Waals surface area contributed by atoms with Gasteiger partial charge in [-0.3, -0.25) is 0 Å². The van der Waals surface area contributed by atoms with Gasteiger partial charge in [-0.05, 0) is 17.9 Å². The lowest BCUT2D eigenvalue weighted by Crippen LogP contribution is -2.49. The van der Waals surface area contributed by atoms with Crippen molar-refractivity contribution in [3.05, 3.63) is 35.9 Å². The molecule has 1 aromatic carbocycles.